The Morgan fingerprint density at radius 2 is 1.61 bits per heavy atom. The molecule has 0 unspecified atom stereocenters. The smallest absolute Gasteiger partial charge is 0.252 e. The Balaban J connectivity index is 2.06. The normalized spacial score (nSPS) is 10.8. The van der Waals surface area contributed by atoms with Crippen LogP contribution in [0.25, 0.3) is 0 Å². The number of rotatable bonds is 7. The van der Waals surface area contributed by atoms with Crippen molar-refractivity contribution in [3.05, 3.63) is 69.7 Å². The molecule has 0 aliphatic carbocycles. The molecular formula is C19H23BrN2O. The largest absolute Gasteiger partial charge is 0.348 e. The van der Waals surface area contributed by atoms with Crippen LogP contribution in [0.5, 0.6) is 0 Å². The third kappa shape index (κ3) is 4.91. The molecule has 0 bridgehead atoms. The lowest BCUT2D eigenvalue weighted by Gasteiger charge is -2.20. The van der Waals surface area contributed by atoms with E-state index < -0.39 is 0 Å². The second-order valence-electron chi connectivity index (χ2n) is 5.39. The molecule has 3 nitrogen and oxygen atoms in total. The lowest BCUT2D eigenvalue weighted by atomic mass is 10.1. The predicted octanol–water partition coefficient (Wildman–Crippen LogP) is 4.22. The Bertz CT molecular complexity index is 653. The van der Waals surface area contributed by atoms with Crippen LogP contribution < -0.4 is 5.32 Å². The Morgan fingerprint density at radius 3 is 2.26 bits per heavy atom. The van der Waals surface area contributed by atoms with Crippen LogP contribution in [0.3, 0.4) is 0 Å². The highest BCUT2D eigenvalue weighted by Crippen LogP contribution is 2.16. The van der Waals surface area contributed by atoms with Gasteiger partial charge in [-0.3, -0.25) is 9.69 Å². The van der Waals surface area contributed by atoms with Crippen LogP contribution in [0.15, 0.2) is 53.0 Å². The second kappa shape index (κ2) is 8.85. The first-order chi connectivity index (χ1) is 11.2. The summed E-state index contributed by atoms with van der Waals surface area (Å²) in [4.78, 5) is 14.7. The zero-order valence-electron chi connectivity index (χ0n) is 13.7. The van der Waals surface area contributed by atoms with Crippen molar-refractivity contribution >= 4 is 21.8 Å². The standard InChI is InChI=1S/C19H23BrN2O/c1-3-22(4-2)14-16-10-6-5-9-15(16)13-21-19(23)17-11-7-8-12-18(17)20/h5-12H,3-4,13-14H2,1-2H3,(H,21,23). The molecule has 2 aromatic carbocycles. The predicted molar refractivity (Wildman–Crippen MR) is 98.4 cm³/mol. The van der Waals surface area contributed by atoms with Crippen molar-refractivity contribution in [1.82, 2.24) is 10.2 Å². The van der Waals surface area contributed by atoms with Crippen LogP contribution in [0.2, 0.25) is 0 Å². The molecule has 0 heterocycles. The van der Waals surface area contributed by atoms with Gasteiger partial charge < -0.3 is 5.32 Å². The number of nitrogens with one attached hydrogen (secondary N) is 1. The van der Waals surface area contributed by atoms with Gasteiger partial charge in [0.25, 0.3) is 5.91 Å². The third-order valence-electron chi connectivity index (χ3n) is 3.96. The summed E-state index contributed by atoms with van der Waals surface area (Å²) in [5.41, 5.74) is 3.09. The summed E-state index contributed by atoms with van der Waals surface area (Å²) in [5.74, 6) is -0.0601. The highest BCUT2D eigenvalue weighted by molar-refractivity contribution is 9.10. The van der Waals surface area contributed by atoms with Gasteiger partial charge in [0.1, 0.15) is 0 Å². The third-order valence-corrected chi connectivity index (χ3v) is 4.66. The van der Waals surface area contributed by atoms with Gasteiger partial charge >= 0.3 is 0 Å². The molecule has 0 fully saturated rings. The van der Waals surface area contributed by atoms with E-state index in [4.69, 9.17) is 0 Å². The highest BCUT2D eigenvalue weighted by atomic mass is 79.9. The minimum absolute atomic E-state index is 0.0601. The van der Waals surface area contributed by atoms with E-state index in [1.165, 1.54) is 11.1 Å². The molecule has 0 aliphatic heterocycles. The van der Waals surface area contributed by atoms with E-state index in [0.717, 1.165) is 24.1 Å². The Kier molecular flexibility index (Phi) is 6.81. The maximum absolute atomic E-state index is 12.3. The van der Waals surface area contributed by atoms with Crippen molar-refractivity contribution in [1.29, 1.82) is 0 Å². The Hall–Kier alpha value is -1.65. The molecule has 0 saturated heterocycles. The van der Waals surface area contributed by atoms with Gasteiger partial charge in [-0.1, -0.05) is 50.2 Å². The van der Waals surface area contributed by atoms with Crippen molar-refractivity contribution < 1.29 is 4.79 Å². The number of carbonyl (C=O) groups is 1. The fraction of sp³-hybridized carbons (Fsp3) is 0.316. The number of benzene rings is 2. The van der Waals surface area contributed by atoms with E-state index in [0.29, 0.717) is 12.1 Å². The molecule has 2 rings (SSSR count). The number of amides is 1. The monoisotopic (exact) mass is 374 g/mol. The number of carbonyl (C=O) groups excluding carboxylic acids is 1. The minimum atomic E-state index is -0.0601. The molecule has 1 N–H and O–H groups in total. The summed E-state index contributed by atoms with van der Waals surface area (Å²) in [6.45, 7) is 7.83. The van der Waals surface area contributed by atoms with Gasteiger partial charge in [-0.2, -0.15) is 0 Å². The molecule has 0 saturated carbocycles. The van der Waals surface area contributed by atoms with E-state index in [1.807, 2.05) is 30.3 Å². The molecule has 122 valence electrons. The summed E-state index contributed by atoms with van der Waals surface area (Å²) in [6.07, 6.45) is 0. The Morgan fingerprint density at radius 1 is 1.00 bits per heavy atom. The van der Waals surface area contributed by atoms with Crippen molar-refractivity contribution in [2.24, 2.45) is 0 Å². The van der Waals surface area contributed by atoms with Crippen LogP contribution in [0.4, 0.5) is 0 Å². The maximum atomic E-state index is 12.3. The van der Waals surface area contributed by atoms with E-state index >= 15 is 0 Å². The van der Waals surface area contributed by atoms with E-state index in [-0.39, 0.29) is 5.91 Å². The van der Waals surface area contributed by atoms with Crippen LogP contribution in [0, 0.1) is 0 Å². The zero-order valence-corrected chi connectivity index (χ0v) is 15.3. The molecule has 0 atom stereocenters. The van der Waals surface area contributed by atoms with Crippen molar-refractivity contribution in [2.45, 2.75) is 26.9 Å². The van der Waals surface area contributed by atoms with Gasteiger partial charge in [-0.25, -0.2) is 0 Å². The fourth-order valence-corrected chi connectivity index (χ4v) is 2.95. The molecule has 0 radical (unpaired) electrons. The summed E-state index contributed by atoms with van der Waals surface area (Å²) >= 11 is 3.42. The fourth-order valence-electron chi connectivity index (χ4n) is 2.49. The minimum Gasteiger partial charge on any atom is -0.348 e. The number of nitrogens with zero attached hydrogens (tertiary/aromatic N) is 1. The van der Waals surface area contributed by atoms with Crippen LogP contribution in [-0.4, -0.2) is 23.9 Å². The van der Waals surface area contributed by atoms with Gasteiger partial charge in [0.05, 0.1) is 5.56 Å². The average molecular weight is 375 g/mol. The van der Waals surface area contributed by atoms with Crippen molar-refractivity contribution in [2.75, 3.05) is 13.1 Å². The van der Waals surface area contributed by atoms with Gasteiger partial charge in [-0.05, 0) is 52.3 Å². The number of halogens is 1. The lowest BCUT2D eigenvalue weighted by Crippen LogP contribution is -2.26. The first-order valence-electron chi connectivity index (χ1n) is 7.97. The van der Waals surface area contributed by atoms with Gasteiger partial charge in [-0.15, -0.1) is 0 Å². The van der Waals surface area contributed by atoms with Crippen LogP contribution in [-0.2, 0) is 13.1 Å². The summed E-state index contributed by atoms with van der Waals surface area (Å²) in [6, 6.07) is 15.8. The first-order valence-corrected chi connectivity index (χ1v) is 8.76. The molecule has 23 heavy (non-hydrogen) atoms. The maximum Gasteiger partial charge on any atom is 0.252 e. The molecule has 0 aromatic heterocycles. The Labute approximate surface area is 146 Å². The zero-order chi connectivity index (χ0) is 16.7. The molecule has 0 spiro atoms. The molecule has 0 aliphatic rings. The summed E-state index contributed by atoms with van der Waals surface area (Å²) in [5, 5.41) is 3.02. The molecule has 1 amide bonds. The quantitative estimate of drug-likeness (QED) is 0.786. The van der Waals surface area contributed by atoms with Crippen molar-refractivity contribution in [3.8, 4) is 0 Å². The van der Waals surface area contributed by atoms with Crippen molar-refractivity contribution in [3.63, 3.8) is 0 Å². The molecule has 4 heteroatoms. The van der Waals surface area contributed by atoms with E-state index in [1.54, 1.807) is 0 Å². The average Bonchev–Trinajstić information content (AvgIpc) is 2.58. The van der Waals surface area contributed by atoms with Gasteiger partial charge in [0.2, 0.25) is 0 Å². The van der Waals surface area contributed by atoms with Gasteiger partial charge in [0, 0.05) is 17.6 Å². The first kappa shape index (κ1) is 17.7. The number of hydrogen-bond donors (Lipinski definition) is 1. The topological polar surface area (TPSA) is 32.3 Å². The summed E-state index contributed by atoms with van der Waals surface area (Å²) < 4.78 is 0.814. The highest BCUT2D eigenvalue weighted by Gasteiger charge is 2.11. The SMILES string of the molecule is CCN(CC)Cc1ccccc1CNC(=O)c1ccccc1Br. The van der Waals surface area contributed by atoms with E-state index in [2.05, 4.69) is 58.2 Å². The van der Waals surface area contributed by atoms with Crippen LogP contribution in [0.1, 0.15) is 35.3 Å². The van der Waals surface area contributed by atoms with Gasteiger partial charge in [0.15, 0.2) is 0 Å². The summed E-state index contributed by atoms with van der Waals surface area (Å²) in [7, 11) is 0. The molecular weight excluding hydrogens is 352 g/mol. The number of hydrogen-bond acceptors (Lipinski definition) is 2. The van der Waals surface area contributed by atoms with E-state index in [9.17, 15) is 4.79 Å². The van der Waals surface area contributed by atoms with Crippen LogP contribution >= 0.6 is 15.9 Å². The molecule has 2 aromatic rings. The second-order valence-corrected chi connectivity index (χ2v) is 6.25. The lowest BCUT2D eigenvalue weighted by molar-refractivity contribution is 0.0950.